The Balaban J connectivity index is 2.23. The van der Waals surface area contributed by atoms with Gasteiger partial charge < -0.3 is 5.73 Å². The molecule has 16 heavy (non-hydrogen) atoms. The quantitative estimate of drug-likeness (QED) is 0.785. The first-order chi connectivity index (χ1) is 7.68. The molecule has 0 amide bonds. The van der Waals surface area contributed by atoms with E-state index in [-0.39, 0.29) is 5.78 Å². The predicted molar refractivity (Wildman–Crippen MR) is 60.9 cm³/mol. The van der Waals surface area contributed by atoms with E-state index in [1.54, 1.807) is 24.0 Å². The highest BCUT2D eigenvalue weighted by Gasteiger charge is 2.19. The Labute approximate surface area is 93.7 Å². The fourth-order valence-corrected chi connectivity index (χ4v) is 1.52. The zero-order chi connectivity index (χ0) is 11.5. The number of benzene rings is 1. The van der Waals surface area contributed by atoms with E-state index in [1.807, 2.05) is 30.3 Å². The first-order valence-corrected chi connectivity index (χ1v) is 5.03. The maximum Gasteiger partial charge on any atom is 0.204 e. The minimum atomic E-state index is -0.643. The van der Waals surface area contributed by atoms with Crippen molar-refractivity contribution < 1.29 is 4.79 Å². The lowest BCUT2D eigenvalue weighted by Gasteiger charge is -2.08. The summed E-state index contributed by atoms with van der Waals surface area (Å²) in [6, 6.07) is 10.3. The molecule has 0 radical (unpaired) electrons. The van der Waals surface area contributed by atoms with Crippen LogP contribution in [0.5, 0.6) is 0 Å². The van der Waals surface area contributed by atoms with Crippen LogP contribution in [0.1, 0.15) is 22.1 Å². The van der Waals surface area contributed by atoms with Crippen LogP contribution < -0.4 is 5.73 Å². The van der Waals surface area contributed by atoms with E-state index in [4.69, 9.17) is 5.73 Å². The molecule has 0 unspecified atom stereocenters. The van der Waals surface area contributed by atoms with Crippen LogP contribution in [-0.2, 0) is 7.05 Å². The van der Waals surface area contributed by atoms with Crippen LogP contribution in [0.25, 0.3) is 0 Å². The van der Waals surface area contributed by atoms with Gasteiger partial charge in [0.25, 0.3) is 0 Å². The van der Waals surface area contributed by atoms with Gasteiger partial charge in [0.15, 0.2) is 0 Å². The number of hydrogen-bond acceptors (Lipinski definition) is 3. The molecule has 0 bridgehead atoms. The molecule has 2 N–H and O–H groups in total. The molecule has 0 saturated heterocycles. The van der Waals surface area contributed by atoms with Crippen LogP contribution >= 0.6 is 0 Å². The van der Waals surface area contributed by atoms with E-state index < -0.39 is 6.04 Å². The summed E-state index contributed by atoms with van der Waals surface area (Å²) >= 11 is 0. The molecule has 2 aromatic rings. The van der Waals surface area contributed by atoms with E-state index in [1.165, 1.54) is 0 Å². The van der Waals surface area contributed by atoms with Crippen molar-refractivity contribution in [1.29, 1.82) is 0 Å². The van der Waals surface area contributed by atoms with E-state index in [2.05, 4.69) is 5.10 Å². The molecule has 4 heteroatoms. The van der Waals surface area contributed by atoms with Crippen LogP contribution in [-0.4, -0.2) is 15.6 Å². The summed E-state index contributed by atoms with van der Waals surface area (Å²) in [5.41, 5.74) is 7.09. The number of ketones is 1. The second kappa shape index (κ2) is 4.28. The first-order valence-electron chi connectivity index (χ1n) is 5.03. The Bertz CT molecular complexity index is 490. The summed E-state index contributed by atoms with van der Waals surface area (Å²) in [5.74, 6) is -0.160. The van der Waals surface area contributed by atoms with Gasteiger partial charge >= 0.3 is 0 Å². The van der Waals surface area contributed by atoms with Crippen LogP contribution in [0.4, 0.5) is 0 Å². The number of aromatic nitrogens is 2. The molecule has 4 nitrogen and oxygen atoms in total. The molecule has 0 aliphatic rings. The number of rotatable bonds is 3. The molecule has 1 heterocycles. The van der Waals surface area contributed by atoms with Gasteiger partial charge in [0.2, 0.25) is 5.78 Å². The summed E-state index contributed by atoms with van der Waals surface area (Å²) in [4.78, 5) is 12.0. The third kappa shape index (κ3) is 2.01. The van der Waals surface area contributed by atoms with Crippen molar-refractivity contribution in [2.75, 3.05) is 0 Å². The number of Topliss-reactive ketones (excluding diaryl/α,β-unsaturated/α-hetero) is 1. The molecule has 0 aliphatic carbocycles. The van der Waals surface area contributed by atoms with Crippen molar-refractivity contribution >= 4 is 5.78 Å². The third-order valence-electron chi connectivity index (χ3n) is 2.41. The van der Waals surface area contributed by atoms with Crippen LogP contribution in [0.15, 0.2) is 42.6 Å². The Kier molecular flexibility index (Phi) is 2.83. The zero-order valence-corrected chi connectivity index (χ0v) is 9.00. The Hall–Kier alpha value is -1.94. The zero-order valence-electron chi connectivity index (χ0n) is 9.00. The van der Waals surface area contributed by atoms with Gasteiger partial charge in [-0.05, 0) is 11.6 Å². The second-order valence-corrected chi connectivity index (χ2v) is 3.63. The smallest absolute Gasteiger partial charge is 0.204 e. The van der Waals surface area contributed by atoms with Gasteiger partial charge in [-0.2, -0.15) is 5.10 Å². The van der Waals surface area contributed by atoms with Crippen molar-refractivity contribution in [1.82, 2.24) is 9.78 Å². The number of nitrogens with zero attached hydrogens (tertiary/aromatic N) is 2. The summed E-state index contributed by atoms with van der Waals surface area (Å²) < 4.78 is 1.59. The number of hydrogen-bond donors (Lipinski definition) is 1. The average Bonchev–Trinajstić information content (AvgIpc) is 2.75. The van der Waals surface area contributed by atoms with Crippen molar-refractivity contribution in [3.63, 3.8) is 0 Å². The SMILES string of the molecule is Cn1ccc(C(=O)[C@H](N)c2ccccc2)n1. The second-order valence-electron chi connectivity index (χ2n) is 3.63. The van der Waals surface area contributed by atoms with Crippen molar-refractivity contribution in [2.24, 2.45) is 12.8 Å². The van der Waals surface area contributed by atoms with Crippen molar-refractivity contribution in [3.05, 3.63) is 53.9 Å². The fourth-order valence-electron chi connectivity index (χ4n) is 1.52. The van der Waals surface area contributed by atoms with Crippen LogP contribution in [0.2, 0.25) is 0 Å². The molecule has 0 spiro atoms. The van der Waals surface area contributed by atoms with Gasteiger partial charge in [0.05, 0.1) is 6.04 Å². The summed E-state index contributed by atoms with van der Waals surface area (Å²) in [6.07, 6.45) is 1.73. The third-order valence-corrected chi connectivity index (χ3v) is 2.41. The van der Waals surface area contributed by atoms with Crippen LogP contribution in [0.3, 0.4) is 0 Å². The lowest BCUT2D eigenvalue weighted by atomic mass is 10.0. The topological polar surface area (TPSA) is 60.9 Å². The highest BCUT2D eigenvalue weighted by molar-refractivity contribution is 5.98. The molecular weight excluding hydrogens is 202 g/mol. The normalized spacial score (nSPS) is 12.4. The van der Waals surface area contributed by atoms with Gasteiger partial charge in [-0.1, -0.05) is 30.3 Å². The number of carbonyl (C=O) groups excluding carboxylic acids is 1. The molecule has 1 aromatic carbocycles. The average molecular weight is 215 g/mol. The minimum Gasteiger partial charge on any atom is -0.317 e. The van der Waals surface area contributed by atoms with Crippen LogP contribution in [0, 0.1) is 0 Å². The first kappa shape index (κ1) is 10.6. The van der Waals surface area contributed by atoms with Gasteiger partial charge in [-0.25, -0.2) is 0 Å². The molecule has 0 fully saturated rings. The van der Waals surface area contributed by atoms with Gasteiger partial charge in [0.1, 0.15) is 5.69 Å². The van der Waals surface area contributed by atoms with Gasteiger partial charge in [0, 0.05) is 13.2 Å². The van der Waals surface area contributed by atoms with E-state index in [0.29, 0.717) is 5.69 Å². The highest BCUT2D eigenvalue weighted by Crippen LogP contribution is 2.14. The Morgan fingerprint density at radius 1 is 1.31 bits per heavy atom. The standard InChI is InChI=1S/C12H13N3O/c1-15-8-7-10(14-15)12(16)11(13)9-5-3-2-4-6-9/h2-8,11H,13H2,1H3/t11-/m1/s1. The minimum absolute atomic E-state index is 0.160. The molecule has 0 saturated carbocycles. The molecule has 0 aliphatic heterocycles. The maximum absolute atomic E-state index is 12.0. The van der Waals surface area contributed by atoms with Crippen molar-refractivity contribution in [3.8, 4) is 0 Å². The molecular formula is C12H13N3O. The summed E-state index contributed by atoms with van der Waals surface area (Å²) in [7, 11) is 1.77. The van der Waals surface area contributed by atoms with Gasteiger partial charge in [-0.3, -0.25) is 9.48 Å². The molecule has 2 rings (SSSR count). The Morgan fingerprint density at radius 2 is 2.00 bits per heavy atom. The van der Waals surface area contributed by atoms with Crippen molar-refractivity contribution in [2.45, 2.75) is 6.04 Å². The number of carbonyl (C=O) groups is 1. The lowest BCUT2D eigenvalue weighted by Crippen LogP contribution is -2.22. The highest BCUT2D eigenvalue weighted by atomic mass is 16.1. The number of aryl methyl sites for hydroxylation is 1. The molecule has 82 valence electrons. The predicted octanol–water partition coefficient (Wildman–Crippen LogP) is 1.30. The molecule has 1 atom stereocenters. The monoisotopic (exact) mass is 215 g/mol. The van der Waals surface area contributed by atoms with E-state index in [9.17, 15) is 4.79 Å². The fraction of sp³-hybridized carbons (Fsp3) is 0.167. The lowest BCUT2D eigenvalue weighted by molar-refractivity contribution is 0.0955. The largest absolute Gasteiger partial charge is 0.317 e. The Morgan fingerprint density at radius 3 is 2.56 bits per heavy atom. The number of nitrogens with two attached hydrogens (primary N) is 1. The maximum atomic E-state index is 12.0. The van der Waals surface area contributed by atoms with E-state index in [0.717, 1.165) is 5.56 Å². The van der Waals surface area contributed by atoms with Gasteiger partial charge in [-0.15, -0.1) is 0 Å². The summed E-state index contributed by atoms with van der Waals surface area (Å²) in [5, 5.41) is 4.04. The van der Waals surface area contributed by atoms with E-state index >= 15 is 0 Å². The summed E-state index contributed by atoms with van der Waals surface area (Å²) in [6.45, 7) is 0. The molecule has 1 aromatic heterocycles.